The Morgan fingerprint density at radius 1 is 1.07 bits per heavy atom. The lowest BCUT2D eigenvalue weighted by Gasteiger charge is -2.41. The van der Waals surface area contributed by atoms with Gasteiger partial charge in [-0.25, -0.2) is 0 Å². The molecule has 1 spiro atoms. The third-order valence-corrected chi connectivity index (χ3v) is 6.57. The van der Waals surface area contributed by atoms with Crippen LogP contribution in [-0.2, 0) is 5.66 Å². The van der Waals surface area contributed by atoms with E-state index in [1.165, 1.54) is 11.3 Å². The van der Waals surface area contributed by atoms with Crippen molar-refractivity contribution in [3.63, 3.8) is 0 Å². The summed E-state index contributed by atoms with van der Waals surface area (Å²) in [5, 5.41) is 6.79. The maximum Gasteiger partial charge on any atom is 0.289 e. The molecule has 1 aromatic heterocycles. The minimum Gasteiger partial charge on any atom is -0.493 e. The third kappa shape index (κ3) is 2.55. The molecule has 0 radical (unpaired) electrons. The Hall–Kier alpha value is -3.58. The molecule has 2 N–H and O–H groups in total. The summed E-state index contributed by atoms with van der Waals surface area (Å²) < 4.78 is 8.15. The zero-order valence-corrected chi connectivity index (χ0v) is 16.8. The summed E-state index contributed by atoms with van der Waals surface area (Å²) >= 11 is 1.36. The first-order chi connectivity index (χ1) is 14.7. The normalized spacial score (nSPS) is 19.9. The highest BCUT2D eigenvalue weighted by molar-refractivity contribution is 7.07. The summed E-state index contributed by atoms with van der Waals surface area (Å²) in [6.07, 6.45) is 2.53. The predicted octanol–water partition coefficient (Wildman–Crippen LogP) is 2.21. The summed E-state index contributed by atoms with van der Waals surface area (Å²) in [7, 11) is 0. The molecule has 3 heterocycles. The van der Waals surface area contributed by atoms with Gasteiger partial charge in [-0.15, -0.1) is 5.10 Å². The van der Waals surface area contributed by atoms with Crippen LogP contribution >= 0.6 is 11.3 Å². The highest BCUT2D eigenvalue weighted by Crippen LogP contribution is 2.41. The second kappa shape index (κ2) is 6.47. The zero-order chi connectivity index (χ0) is 20.1. The number of thiazole rings is 1. The Labute approximate surface area is 175 Å². The summed E-state index contributed by atoms with van der Waals surface area (Å²) in [4.78, 5) is 13.8. The number of benzene rings is 3. The zero-order valence-electron chi connectivity index (χ0n) is 16.0. The van der Waals surface area contributed by atoms with E-state index in [-0.39, 0.29) is 5.56 Å². The van der Waals surface area contributed by atoms with Gasteiger partial charge in [0.05, 0.1) is 16.7 Å². The topological polar surface area (TPSA) is 67.7 Å². The van der Waals surface area contributed by atoms with Gasteiger partial charge < -0.3 is 4.74 Å². The molecular formula is C23H18N4O2S. The van der Waals surface area contributed by atoms with Crippen molar-refractivity contribution in [3.8, 4) is 5.75 Å². The number of nitrogens with one attached hydrogen (secondary N) is 2. The average Bonchev–Trinajstić information content (AvgIpc) is 3.09. The molecule has 4 aromatic rings. The summed E-state index contributed by atoms with van der Waals surface area (Å²) in [5.74, 6) is 0.804. The lowest BCUT2D eigenvalue weighted by Crippen LogP contribution is -2.60. The molecule has 1 atom stereocenters. The number of hydrogen-bond donors (Lipinski definition) is 2. The van der Waals surface area contributed by atoms with Crippen LogP contribution in [-0.4, -0.2) is 11.3 Å². The molecule has 0 saturated carbocycles. The fraction of sp³-hybridized carbons (Fsp3) is 0.130. The van der Waals surface area contributed by atoms with Crippen LogP contribution in [0.2, 0.25) is 0 Å². The van der Waals surface area contributed by atoms with Gasteiger partial charge >= 0.3 is 0 Å². The molecule has 6 rings (SSSR count). The SMILES string of the molecule is O=c1/c(=C\c2ccccc2)sc2n1NC1(CCOc3ccc4ccccc4c31)NN=2. The van der Waals surface area contributed by atoms with Crippen LogP contribution in [0.1, 0.15) is 17.5 Å². The van der Waals surface area contributed by atoms with Crippen molar-refractivity contribution in [2.45, 2.75) is 12.1 Å². The molecule has 0 fully saturated rings. The second-order valence-corrected chi connectivity index (χ2v) is 8.45. The van der Waals surface area contributed by atoms with E-state index < -0.39 is 5.66 Å². The molecule has 6 nitrogen and oxygen atoms in total. The minimum absolute atomic E-state index is 0.100. The summed E-state index contributed by atoms with van der Waals surface area (Å²) in [5.41, 5.74) is 7.91. The highest BCUT2D eigenvalue weighted by atomic mass is 32.1. The van der Waals surface area contributed by atoms with Crippen molar-refractivity contribution in [1.29, 1.82) is 0 Å². The molecule has 1 unspecified atom stereocenters. The summed E-state index contributed by atoms with van der Waals surface area (Å²) in [6.45, 7) is 0.526. The number of fused-ring (bicyclic) bond motifs is 5. The summed E-state index contributed by atoms with van der Waals surface area (Å²) in [6, 6.07) is 22.1. The minimum atomic E-state index is -0.712. The Morgan fingerprint density at radius 2 is 1.90 bits per heavy atom. The Bertz CT molecular complexity index is 1460. The monoisotopic (exact) mass is 414 g/mol. The Morgan fingerprint density at radius 3 is 2.80 bits per heavy atom. The molecule has 0 amide bonds. The predicted molar refractivity (Wildman–Crippen MR) is 118 cm³/mol. The largest absolute Gasteiger partial charge is 0.493 e. The molecule has 148 valence electrons. The van der Waals surface area contributed by atoms with Gasteiger partial charge in [-0.3, -0.25) is 15.6 Å². The van der Waals surface area contributed by atoms with Gasteiger partial charge in [-0.1, -0.05) is 72.0 Å². The lowest BCUT2D eigenvalue weighted by molar-refractivity contribution is 0.185. The van der Waals surface area contributed by atoms with Gasteiger partial charge in [-0.2, -0.15) is 4.68 Å². The van der Waals surface area contributed by atoms with Crippen molar-refractivity contribution in [2.24, 2.45) is 5.10 Å². The van der Waals surface area contributed by atoms with Gasteiger partial charge in [-0.05, 0) is 28.5 Å². The number of aromatic nitrogens is 1. The van der Waals surface area contributed by atoms with Crippen molar-refractivity contribution < 1.29 is 4.74 Å². The number of ether oxygens (including phenoxy) is 1. The van der Waals surface area contributed by atoms with Crippen LogP contribution < -0.4 is 30.5 Å². The molecule has 0 bridgehead atoms. The van der Waals surface area contributed by atoms with E-state index in [0.29, 0.717) is 22.4 Å². The van der Waals surface area contributed by atoms with Gasteiger partial charge in [0.1, 0.15) is 5.75 Å². The number of rotatable bonds is 1. The van der Waals surface area contributed by atoms with Gasteiger partial charge in [0, 0.05) is 6.42 Å². The maximum absolute atomic E-state index is 13.2. The first-order valence-corrected chi connectivity index (χ1v) is 10.6. The van der Waals surface area contributed by atoms with E-state index in [9.17, 15) is 4.79 Å². The van der Waals surface area contributed by atoms with Gasteiger partial charge in [0.2, 0.25) is 4.80 Å². The number of hydrogen-bond acceptors (Lipinski definition) is 6. The fourth-order valence-electron chi connectivity index (χ4n) is 4.18. The Balaban J connectivity index is 1.52. The van der Waals surface area contributed by atoms with E-state index in [2.05, 4.69) is 34.2 Å². The van der Waals surface area contributed by atoms with Crippen LogP contribution in [0.5, 0.6) is 5.75 Å². The average molecular weight is 414 g/mol. The molecule has 2 aliphatic rings. The number of nitrogens with zero attached hydrogens (tertiary/aromatic N) is 2. The van der Waals surface area contributed by atoms with Gasteiger partial charge in [0.25, 0.3) is 5.56 Å². The quantitative estimate of drug-likeness (QED) is 0.501. The molecule has 7 heteroatoms. The first kappa shape index (κ1) is 17.3. The van der Waals surface area contributed by atoms with E-state index in [0.717, 1.165) is 27.6 Å². The lowest BCUT2D eigenvalue weighted by atomic mass is 9.89. The molecule has 30 heavy (non-hydrogen) atoms. The molecule has 2 aliphatic heterocycles. The second-order valence-electron chi connectivity index (χ2n) is 7.44. The smallest absolute Gasteiger partial charge is 0.289 e. The van der Waals surface area contributed by atoms with E-state index in [1.807, 2.05) is 54.6 Å². The van der Waals surface area contributed by atoms with Crippen molar-refractivity contribution in [3.05, 3.63) is 97.5 Å². The van der Waals surface area contributed by atoms with Crippen LogP contribution in [0, 0.1) is 0 Å². The van der Waals surface area contributed by atoms with Crippen molar-refractivity contribution in [1.82, 2.24) is 10.1 Å². The Kier molecular flexibility index (Phi) is 3.73. The molecule has 0 aliphatic carbocycles. The molecule has 3 aromatic carbocycles. The van der Waals surface area contributed by atoms with Crippen LogP contribution in [0.25, 0.3) is 16.8 Å². The van der Waals surface area contributed by atoms with E-state index in [1.54, 1.807) is 4.68 Å². The standard InChI is InChI=1S/C23H18N4O2S/c28-21-19(14-15-6-2-1-3-7-15)30-22-24-25-23(26-27(21)22)12-13-29-18-11-10-16-8-4-5-9-17(16)20(18)23/h1-11,14,25-26H,12-13H2/b19-14+. The van der Waals surface area contributed by atoms with Crippen LogP contribution in [0.4, 0.5) is 0 Å². The molecular weight excluding hydrogens is 396 g/mol. The van der Waals surface area contributed by atoms with Gasteiger partial charge in [0.15, 0.2) is 5.66 Å². The fourth-order valence-corrected chi connectivity index (χ4v) is 5.06. The van der Waals surface area contributed by atoms with E-state index in [4.69, 9.17) is 4.74 Å². The highest BCUT2D eigenvalue weighted by Gasteiger charge is 2.42. The first-order valence-electron chi connectivity index (χ1n) is 9.80. The van der Waals surface area contributed by atoms with Crippen molar-refractivity contribution >= 4 is 28.2 Å². The molecule has 0 saturated heterocycles. The maximum atomic E-state index is 13.2. The van der Waals surface area contributed by atoms with Crippen molar-refractivity contribution in [2.75, 3.05) is 12.0 Å². The van der Waals surface area contributed by atoms with Crippen LogP contribution in [0.3, 0.4) is 0 Å². The van der Waals surface area contributed by atoms with Crippen LogP contribution in [0.15, 0.2) is 76.6 Å². The van der Waals surface area contributed by atoms with E-state index >= 15 is 0 Å². The third-order valence-electron chi connectivity index (χ3n) is 5.60.